The van der Waals surface area contributed by atoms with Gasteiger partial charge in [0.1, 0.15) is 11.9 Å². The van der Waals surface area contributed by atoms with E-state index in [1.54, 1.807) is 0 Å². The van der Waals surface area contributed by atoms with Crippen LogP contribution in [0.1, 0.15) is 10.5 Å². The van der Waals surface area contributed by atoms with Gasteiger partial charge in [-0.3, -0.25) is 0 Å². The standard InChI is InChI=1S/C10H13N3O5/c1-17-9(15)6-3-4-8(13-12-6)11-7(5-14)10(16)18-2/h3-4,7,14H,5H2,1-2H3,(H,11,13). The Hall–Kier alpha value is -2.22. The molecule has 0 saturated carbocycles. The highest BCUT2D eigenvalue weighted by Gasteiger charge is 2.18. The van der Waals surface area contributed by atoms with Crippen LogP contribution in [0.25, 0.3) is 0 Å². The molecule has 98 valence electrons. The quantitative estimate of drug-likeness (QED) is 0.658. The van der Waals surface area contributed by atoms with Crippen LogP contribution in [-0.4, -0.2) is 54.1 Å². The fraction of sp³-hybridized carbons (Fsp3) is 0.400. The van der Waals surface area contributed by atoms with E-state index in [0.717, 1.165) is 0 Å². The Morgan fingerprint density at radius 1 is 1.33 bits per heavy atom. The summed E-state index contributed by atoms with van der Waals surface area (Å²) in [6, 6.07) is 1.88. The molecule has 0 aliphatic heterocycles. The maximum Gasteiger partial charge on any atom is 0.358 e. The molecule has 0 aliphatic rings. The first-order valence-corrected chi connectivity index (χ1v) is 4.99. The molecule has 0 aromatic carbocycles. The lowest BCUT2D eigenvalue weighted by atomic mass is 10.3. The van der Waals surface area contributed by atoms with Gasteiger partial charge >= 0.3 is 11.9 Å². The number of aliphatic hydroxyl groups is 1. The number of nitrogens with zero attached hydrogens (tertiary/aromatic N) is 2. The molecule has 1 atom stereocenters. The van der Waals surface area contributed by atoms with E-state index in [-0.39, 0.29) is 11.5 Å². The molecule has 0 spiro atoms. The molecular formula is C10H13N3O5. The molecule has 0 aliphatic carbocycles. The van der Waals surface area contributed by atoms with Crippen molar-refractivity contribution in [3.05, 3.63) is 17.8 Å². The van der Waals surface area contributed by atoms with Gasteiger partial charge in [0.2, 0.25) is 0 Å². The van der Waals surface area contributed by atoms with E-state index in [1.807, 2.05) is 0 Å². The van der Waals surface area contributed by atoms with E-state index in [0.29, 0.717) is 0 Å². The summed E-state index contributed by atoms with van der Waals surface area (Å²) in [4.78, 5) is 22.3. The highest BCUT2D eigenvalue weighted by atomic mass is 16.5. The summed E-state index contributed by atoms with van der Waals surface area (Å²) in [5.74, 6) is -1.01. The average Bonchev–Trinajstić information content (AvgIpc) is 2.43. The molecule has 1 unspecified atom stereocenters. The molecule has 0 radical (unpaired) electrons. The predicted molar refractivity (Wildman–Crippen MR) is 59.9 cm³/mol. The first-order chi connectivity index (χ1) is 8.62. The van der Waals surface area contributed by atoms with Gasteiger partial charge in [-0.1, -0.05) is 0 Å². The van der Waals surface area contributed by atoms with E-state index in [9.17, 15) is 9.59 Å². The highest BCUT2D eigenvalue weighted by Crippen LogP contribution is 2.05. The Morgan fingerprint density at radius 2 is 2.06 bits per heavy atom. The van der Waals surface area contributed by atoms with Gasteiger partial charge in [-0.15, -0.1) is 10.2 Å². The third-order valence-electron chi connectivity index (χ3n) is 2.05. The van der Waals surface area contributed by atoms with Gasteiger partial charge in [0.15, 0.2) is 5.69 Å². The van der Waals surface area contributed by atoms with Gasteiger partial charge in [0, 0.05) is 0 Å². The number of aromatic nitrogens is 2. The summed E-state index contributed by atoms with van der Waals surface area (Å²) in [7, 11) is 2.44. The van der Waals surface area contributed by atoms with Crippen molar-refractivity contribution in [3.8, 4) is 0 Å². The van der Waals surface area contributed by atoms with Gasteiger partial charge < -0.3 is 19.9 Å². The Kier molecular flexibility index (Phi) is 5.00. The fourth-order valence-electron chi connectivity index (χ4n) is 1.12. The fourth-order valence-corrected chi connectivity index (χ4v) is 1.12. The van der Waals surface area contributed by atoms with Crippen LogP contribution in [0.4, 0.5) is 5.82 Å². The van der Waals surface area contributed by atoms with Crippen LogP contribution in [0, 0.1) is 0 Å². The molecule has 0 fully saturated rings. The number of aliphatic hydroxyl groups excluding tert-OH is 1. The molecule has 0 amide bonds. The smallest absolute Gasteiger partial charge is 0.358 e. The monoisotopic (exact) mass is 255 g/mol. The number of anilines is 1. The van der Waals surface area contributed by atoms with Crippen LogP contribution in [0.5, 0.6) is 0 Å². The van der Waals surface area contributed by atoms with Crippen LogP contribution < -0.4 is 5.32 Å². The first-order valence-electron chi connectivity index (χ1n) is 4.99. The molecule has 18 heavy (non-hydrogen) atoms. The Labute approximate surface area is 103 Å². The number of ether oxygens (including phenoxy) is 2. The lowest BCUT2D eigenvalue weighted by molar-refractivity contribution is -0.142. The molecule has 8 heteroatoms. The van der Waals surface area contributed by atoms with Crippen LogP contribution in [0.15, 0.2) is 12.1 Å². The van der Waals surface area contributed by atoms with Crippen molar-refractivity contribution in [1.29, 1.82) is 0 Å². The summed E-state index contributed by atoms with van der Waals surface area (Å²) < 4.78 is 8.93. The van der Waals surface area contributed by atoms with Gasteiger partial charge in [0.05, 0.1) is 20.8 Å². The minimum Gasteiger partial charge on any atom is -0.467 e. The molecular weight excluding hydrogens is 242 g/mol. The zero-order valence-corrected chi connectivity index (χ0v) is 9.91. The zero-order valence-electron chi connectivity index (χ0n) is 9.91. The summed E-state index contributed by atoms with van der Waals surface area (Å²) in [5.41, 5.74) is 0.0432. The van der Waals surface area contributed by atoms with Crippen molar-refractivity contribution >= 4 is 17.8 Å². The van der Waals surface area contributed by atoms with Crippen LogP contribution in [-0.2, 0) is 14.3 Å². The van der Waals surface area contributed by atoms with Gasteiger partial charge in [-0.2, -0.15) is 0 Å². The molecule has 0 bridgehead atoms. The van der Waals surface area contributed by atoms with Crippen molar-refractivity contribution in [3.63, 3.8) is 0 Å². The molecule has 1 rings (SSSR count). The number of methoxy groups -OCH3 is 2. The maximum atomic E-state index is 11.2. The van der Waals surface area contributed by atoms with E-state index in [2.05, 4.69) is 25.0 Å². The molecule has 1 aromatic rings. The van der Waals surface area contributed by atoms with E-state index >= 15 is 0 Å². The number of hydrogen-bond acceptors (Lipinski definition) is 8. The Bertz CT molecular complexity index is 420. The molecule has 2 N–H and O–H groups in total. The molecule has 1 aromatic heterocycles. The summed E-state index contributed by atoms with van der Waals surface area (Å²) >= 11 is 0. The summed E-state index contributed by atoms with van der Waals surface area (Å²) in [5, 5.41) is 18.9. The second-order valence-corrected chi connectivity index (χ2v) is 3.20. The van der Waals surface area contributed by atoms with E-state index < -0.39 is 24.6 Å². The normalized spacial score (nSPS) is 11.5. The first kappa shape index (κ1) is 13.8. The van der Waals surface area contributed by atoms with Crippen LogP contribution in [0.2, 0.25) is 0 Å². The number of esters is 2. The third-order valence-corrected chi connectivity index (χ3v) is 2.05. The second kappa shape index (κ2) is 6.50. The predicted octanol–water partition coefficient (Wildman–Crippen LogP) is -0.791. The largest absolute Gasteiger partial charge is 0.467 e. The van der Waals surface area contributed by atoms with Crippen molar-refractivity contribution in [2.75, 3.05) is 26.1 Å². The summed E-state index contributed by atoms with van der Waals surface area (Å²) in [6.07, 6.45) is 0. The van der Waals surface area contributed by atoms with Gasteiger partial charge in [-0.05, 0) is 12.1 Å². The number of hydrogen-bond donors (Lipinski definition) is 2. The van der Waals surface area contributed by atoms with Crippen molar-refractivity contribution < 1.29 is 24.2 Å². The van der Waals surface area contributed by atoms with E-state index in [4.69, 9.17) is 5.11 Å². The molecule has 1 heterocycles. The SMILES string of the molecule is COC(=O)c1ccc(NC(CO)C(=O)OC)nn1. The second-order valence-electron chi connectivity index (χ2n) is 3.20. The molecule has 0 saturated heterocycles. The van der Waals surface area contributed by atoms with Crippen molar-refractivity contribution in [2.24, 2.45) is 0 Å². The lowest BCUT2D eigenvalue weighted by Gasteiger charge is -2.13. The lowest BCUT2D eigenvalue weighted by Crippen LogP contribution is -2.34. The third kappa shape index (κ3) is 3.39. The number of carbonyl (C=O) groups excluding carboxylic acids is 2. The highest BCUT2D eigenvalue weighted by molar-refractivity contribution is 5.87. The van der Waals surface area contributed by atoms with Crippen molar-refractivity contribution in [2.45, 2.75) is 6.04 Å². The van der Waals surface area contributed by atoms with Gasteiger partial charge in [0.25, 0.3) is 0 Å². The van der Waals surface area contributed by atoms with Gasteiger partial charge in [-0.25, -0.2) is 9.59 Å². The molecule has 8 nitrogen and oxygen atoms in total. The number of nitrogens with one attached hydrogen (secondary N) is 1. The number of carbonyl (C=O) groups is 2. The minimum atomic E-state index is -0.937. The Morgan fingerprint density at radius 3 is 2.50 bits per heavy atom. The Balaban J connectivity index is 2.73. The van der Waals surface area contributed by atoms with Crippen LogP contribution in [0.3, 0.4) is 0 Å². The zero-order chi connectivity index (χ0) is 13.5. The summed E-state index contributed by atoms with van der Waals surface area (Å²) in [6.45, 7) is -0.451. The topological polar surface area (TPSA) is 111 Å². The van der Waals surface area contributed by atoms with Crippen LogP contribution >= 0.6 is 0 Å². The minimum absolute atomic E-state index is 0.0432. The van der Waals surface area contributed by atoms with E-state index in [1.165, 1.54) is 26.4 Å². The van der Waals surface area contributed by atoms with Crippen molar-refractivity contribution in [1.82, 2.24) is 10.2 Å². The average molecular weight is 255 g/mol. The maximum absolute atomic E-state index is 11.2. The number of rotatable bonds is 5.